The minimum Gasteiger partial charge on any atom is -0.386 e. The van der Waals surface area contributed by atoms with Crippen LogP contribution in [0.4, 0.5) is 0 Å². The first-order chi connectivity index (χ1) is 5.29. The predicted molar refractivity (Wildman–Crippen MR) is 45.4 cm³/mol. The summed E-state index contributed by atoms with van der Waals surface area (Å²) in [5.41, 5.74) is 0.999. The van der Waals surface area contributed by atoms with Crippen molar-refractivity contribution in [3.63, 3.8) is 0 Å². The molecule has 2 N–H and O–H groups in total. The molecule has 0 bridgehead atoms. The normalized spacial score (nSPS) is 24.6. The molecular formula is C8H16N2O. The average molecular weight is 156 g/mol. The van der Waals surface area contributed by atoms with E-state index in [9.17, 15) is 0 Å². The predicted octanol–water partition coefficient (Wildman–Crippen LogP) is 0.0980. The number of ether oxygens (including phenoxy) is 1. The summed E-state index contributed by atoms with van der Waals surface area (Å²) in [5, 5.41) is 6.42. The summed E-state index contributed by atoms with van der Waals surface area (Å²) in [6.07, 6.45) is 0.306. The lowest BCUT2D eigenvalue weighted by molar-refractivity contribution is 0.0307. The molecule has 11 heavy (non-hydrogen) atoms. The minimum atomic E-state index is 0.306. The molecule has 3 nitrogen and oxygen atoms in total. The molecule has 1 fully saturated rings. The van der Waals surface area contributed by atoms with Crippen molar-refractivity contribution in [1.82, 2.24) is 10.6 Å². The lowest BCUT2D eigenvalue weighted by atomic mass is 10.3. The number of hydrogen-bond donors (Lipinski definition) is 2. The van der Waals surface area contributed by atoms with Crippen molar-refractivity contribution in [3.8, 4) is 0 Å². The highest BCUT2D eigenvalue weighted by molar-refractivity contribution is 4.86. The fourth-order valence-electron chi connectivity index (χ4n) is 1.04. The summed E-state index contributed by atoms with van der Waals surface area (Å²) in [5.74, 6) is 0. The molecule has 0 saturated carbocycles. The highest BCUT2D eigenvalue weighted by Crippen LogP contribution is 1.94. The molecule has 1 aliphatic heterocycles. The van der Waals surface area contributed by atoms with Gasteiger partial charge in [-0.3, -0.25) is 0 Å². The van der Waals surface area contributed by atoms with Gasteiger partial charge in [0.25, 0.3) is 0 Å². The first kappa shape index (κ1) is 8.56. The van der Waals surface area contributed by atoms with Gasteiger partial charge in [0.05, 0.1) is 12.7 Å². The Labute approximate surface area is 67.8 Å². The summed E-state index contributed by atoms with van der Waals surface area (Å²) in [6, 6.07) is 0. The van der Waals surface area contributed by atoms with Crippen LogP contribution >= 0.6 is 0 Å². The molecule has 1 atom stereocenters. The van der Waals surface area contributed by atoms with Crippen LogP contribution in [-0.2, 0) is 4.74 Å². The lowest BCUT2D eigenvalue weighted by Crippen LogP contribution is -2.43. The maximum Gasteiger partial charge on any atom is 0.0871 e. The first-order valence-electron chi connectivity index (χ1n) is 4.01. The highest BCUT2D eigenvalue weighted by atomic mass is 16.5. The van der Waals surface area contributed by atoms with Crippen LogP contribution in [0.2, 0.25) is 0 Å². The minimum absolute atomic E-state index is 0.306. The van der Waals surface area contributed by atoms with Gasteiger partial charge in [-0.15, -0.1) is 0 Å². The van der Waals surface area contributed by atoms with Gasteiger partial charge in [0.15, 0.2) is 0 Å². The van der Waals surface area contributed by atoms with Crippen LogP contribution in [0.15, 0.2) is 12.3 Å². The Morgan fingerprint density at radius 2 is 2.64 bits per heavy atom. The average Bonchev–Trinajstić information content (AvgIpc) is 2.03. The molecule has 0 radical (unpaired) electrons. The van der Waals surface area contributed by atoms with Gasteiger partial charge in [-0.05, 0) is 6.92 Å². The van der Waals surface area contributed by atoms with E-state index in [1.165, 1.54) is 0 Å². The molecule has 1 saturated heterocycles. The van der Waals surface area contributed by atoms with Crippen LogP contribution in [0.5, 0.6) is 0 Å². The van der Waals surface area contributed by atoms with Gasteiger partial charge in [-0.2, -0.15) is 0 Å². The van der Waals surface area contributed by atoms with Crippen molar-refractivity contribution in [2.24, 2.45) is 0 Å². The van der Waals surface area contributed by atoms with Gasteiger partial charge in [0.2, 0.25) is 0 Å². The summed E-state index contributed by atoms with van der Waals surface area (Å²) in [6.45, 7) is 9.31. The third-order valence-corrected chi connectivity index (χ3v) is 1.64. The molecule has 0 amide bonds. The fourth-order valence-corrected chi connectivity index (χ4v) is 1.04. The highest BCUT2D eigenvalue weighted by Gasteiger charge is 2.11. The topological polar surface area (TPSA) is 33.3 Å². The molecule has 1 heterocycles. The van der Waals surface area contributed by atoms with Gasteiger partial charge in [-0.1, -0.05) is 6.58 Å². The second-order valence-corrected chi connectivity index (χ2v) is 2.86. The van der Waals surface area contributed by atoms with E-state index in [-0.39, 0.29) is 0 Å². The fraction of sp³-hybridized carbons (Fsp3) is 0.750. The van der Waals surface area contributed by atoms with E-state index in [0.717, 1.165) is 31.9 Å². The molecule has 0 aliphatic carbocycles. The molecule has 1 aliphatic rings. The maximum absolute atomic E-state index is 5.46. The van der Waals surface area contributed by atoms with Crippen molar-refractivity contribution >= 4 is 0 Å². The molecule has 64 valence electrons. The van der Waals surface area contributed by atoms with Gasteiger partial charge in [0.1, 0.15) is 0 Å². The third kappa shape index (κ3) is 3.39. The Morgan fingerprint density at radius 1 is 1.82 bits per heavy atom. The molecule has 1 unspecified atom stereocenters. The summed E-state index contributed by atoms with van der Waals surface area (Å²) in [7, 11) is 0. The Hall–Kier alpha value is -0.540. The Morgan fingerprint density at radius 3 is 3.18 bits per heavy atom. The zero-order valence-electron chi connectivity index (χ0n) is 7.02. The monoisotopic (exact) mass is 156 g/mol. The zero-order chi connectivity index (χ0) is 8.10. The van der Waals surface area contributed by atoms with Crippen molar-refractivity contribution in [2.75, 3.05) is 26.2 Å². The number of allylic oxidation sites excluding steroid dienone is 1. The number of hydrogen-bond acceptors (Lipinski definition) is 3. The van der Waals surface area contributed by atoms with Gasteiger partial charge in [-0.25, -0.2) is 0 Å². The van der Waals surface area contributed by atoms with Crippen molar-refractivity contribution in [2.45, 2.75) is 13.0 Å². The molecular weight excluding hydrogens is 140 g/mol. The maximum atomic E-state index is 5.46. The van der Waals surface area contributed by atoms with Crippen molar-refractivity contribution in [3.05, 3.63) is 12.3 Å². The molecule has 0 aromatic heterocycles. The standard InChI is InChI=1S/C8H16N2O/c1-7(2)10-6-8-5-9-3-4-11-8/h8-10H,1,3-6H2,2H3. The van der Waals surface area contributed by atoms with Crippen LogP contribution in [0.1, 0.15) is 6.92 Å². The van der Waals surface area contributed by atoms with Crippen molar-refractivity contribution in [1.29, 1.82) is 0 Å². The van der Waals surface area contributed by atoms with Crippen LogP contribution < -0.4 is 10.6 Å². The van der Waals surface area contributed by atoms with E-state index in [1.807, 2.05) is 6.92 Å². The summed E-state index contributed by atoms with van der Waals surface area (Å²) < 4.78 is 5.46. The van der Waals surface area contributed by atoms with Crippen LogP contribution in [0.3, 0.4) is 0 Å². The molecule has 0 aromatic carbocycles. The van der Waals surface area contributed by atoms with E-state index in [0.29, 0.717) is 6.10 Å². The van der Waals surface area contributed by atoms with E-state index >= 15 is 0 Å². The second-order valence-electron chi connectivity index (χ2n) is 2.86. The Balaban J connectivity index is 2.09. The second kappa shape index (κ2) is 4.36. The van der Waals surface area contributed by atoms with Gasteiger partial charge >= 0.3 is 0 Å². The lowest BCUT2D eigenvalue weighted by Gasteiger charge is -2.24. The molecule has 0 spiro atoms. The van der Waals surface area contributed by atoms with E-state index in [4.69, 9.17) is 4.74 Å². The van der Waals surface area contributed by atoms with Crippen LogP contribution in [0, 0.1) is 0 Å². The first-order valence-corrected chi connectivity index (χ1v) is 4.01. The van der Waals surface area contributed by atoms with E-state index in [1.54, 1.807) is 0 Å². The smallest absolute Gasteiger partial charge is 0.0871 e. The van der Waals surface area contributed by atoms with Gasteiger partial charge in [0, 0.05) is 25.3 Å². The Bertz CT molecular complexity index is 130. The third-order valence-electron chi connectivity index (χ3n) is 1.64. The van der Waals surface area contributed by atoms with Crippen LogP contribution in [-0.4, -0.2) is 32.3 Å². The number of nitrogens with one attached hydrogen (secondary N) is 2. The zero-order valence-corrected chi connectivity index (χ0v) is 7.02. The Kier molecular flexibility index (Phi) is 3.39. The van der Waals surface area contributed by atoms with Gasteiger partial charge < -0.3 is 15.4 Å². The molecule has 0 aromatic rings. The quantitative estimate of drug-likeness (QED) is 0.608. The largest absolute Gasteiger partial charge is 0.386 e. The van der Waals surface area contributed by atoms with Crippen molar-refractivity contribution < 1.29 is 4.74 Å². The number of rotatable bonds is 3. The van der Waals surface area contributed by atoms with Crippen LogP contribution in [0.25, 0.3) is 0 Å². The number of morpholine rings is 1. The van der Waals surface area contributed by atoms with E-state index in [2.05, 4.69) is 17.2 Å². The summed E-state index contributed by atoms with van der Waals surface area (Å²) >= 11 is 0. The van der Waals surface area contributed by atoms with E-state index < -0.39 is 0 Å². The SMILES string of the molecule is C=C(C)NCC1CNCCO1. The summed E-state index contributed by atoms with van der Waals surface area (Å²) in [4.78, 5) is 0. The molecule has 3 heteroatoms. The molecule has 1 rings (SSSR count).